The molecule has 0 aliphatic carbocycles. The van der Waals surface area contributed by atoms with Gasteiger partial charge in [0.25, 0.3) is 0 Å². The summed E-state index contributed by atoms with van der Waals surface area (Å²) in [5, 5.41) is 12.3. The van der Waals surface area contributed by atoms with Crippen molar-refractivity contribution >= 4 is 34.4 Å². The SMILES string of the molecule is CC(C)Cn1c(S[C@H](C)C(=O)Nc2ccc(C#N)cc2)nc2ccccc21. The van der Waals surface area contributed by atoms with Crippen molar-refractivity contribution in [1.82, 2.24) is 9.55 Å². The lowest BCUT2D eigenvalue weighted by Crippen LogP contribution is -2.23. The fourth-order valence-corrected chi connectivity index (χ4v) is 3.70. The van der Waals surface area contributed by atoms with E-state index < -0.39 is 0 Å². The van der Waals surface area contributed by atoms with Gasteiger partial charge in [0.2, 0.25) is 5.91 Å². The van der Waals surface area contributed by atoms with Gasteiger partial charge >= 0.3 is 0 Å². The number of nitrogens with one attached hydrogen (secondary N) is 1. The van der Waals surface area contributed by atoms with Crippen molar-refractivity contribution in [2.45, 2.75) is 37.7 Å². The number of hydrogen-bond acceptors (Lipinski definition) is 4. The third-order valence-electron chi connectivity index (χ3n) is 4.10. The van der Waals surface area contributed by atoms with Gasteiger partial charge in [-0.15, -0.1) is 0 Å². The molecule has 0 aliphatic rings. The van der Waals surface area contributed by atoms with E-state index in [1.54, 1.807) is 24.3 Å². The first-order valence-electron chi connectivity index (χ1n) is 8.91. The maximum atomic E-state index is 12.6. The molecule has 1 atom stereocenters. The summed E-state index contributed by atoms with van der Waals surface area (Å²) in [6.07, 6.45) is 0. The molecule has 0 fully saturated rings. The van der Waals surface area contributed by atoms with Crippen LogP contribution in [0.25, 0.3) is 11.0 Å². The van der Waals surface area contributed by atoms with Crippen LogP contribution >= 0.6 is 11.8 Å². The highest BCUT2D eigenvalue weighted by atomic mass is 32.2. The minimum Gasteiger partial charge on any atom is -0.325 e. The maximum absolute atomic E-state index is 12.6. The standard InChI is InChI=1S/C21H22N4OS/c1-14(2)13-25-19-7-5-4-6-18(19)24-21(25)27-15(3)20(26)23-17-10-8-16(12-22)9-11-17/h4-11,14-15H,13H2,1-3H3,(H,23,26)/t15-/m1/s1. The third-order valence-corrected chi connectivity index (χ3v) is 5.19. The van der Waals surface area contributed by atoms with E-state index in [1.165, 1.54) is 11.8 Å². The van der Waals surface area contributed by atoms with Gasteiger partial charge in [-0.2, -0.15) is 5.26 Å². The Hall–Kier alpha value is -2.78. The van der Waals surface area contributed by atoms with Crippen LogP contribution in [0.15, 0.2) is 53.7 Å². The lowest BCUT2D eigenvalue weighted by atomic mass is 10.2. The molecule has 6 heteroatoms. The molecule has 1 aromatic heterocycles. The Bertz CT molecular complexity index is 986. The summed E-state index contributed by atoms with van der Waals surface area (Å²) in [7, 11) is 0. The van der Waals surface area contributed by atoms with Crippen LogP contribution in [0.3, 0.4) is 0 Å². The van der Waals surface area contributed by atoms with E-state index in [4.69, 9.17) is 10.2 Å². The number of thioether (sulfide) groups is 1. The van der Waals surface area contributed by atoms with Gasteiger partial charge in [0.05, 0.1) is 27.9 Å². The molecule has 0 saturated carbocycles. The van der Waals surface area contributed by atoms with E-state index in [0.717, 1.165) is 22.7 Å². The minimum absolute atomic E-state index is 0.0899. The van der Waals surface area contributed by atoms with Crippen molar-refractivity contribution < 1.29 is 4.79 Å². The molecule has 1 N–H and O–H groups in total. The summed E-state index contributed by atoms with van der Waals surface area (Å²) >= 11 is 1.46. The number of hydrogen-bond donors (Lipinski definition) is 1. The number of para-hydroxylation sites is 2. The van der Waals surface area contributed by atoms with Crippen LogP contribution in [0, 0.1) is 17.2 Å². The minimum atomic E-state index is -0.302. The zero-order chi connectivity index (χ0) is 19.4. The van der Waals surface area contributed by atoms with Crippen molar-refractivity contribution in [3.63, 3.8) is 0 Å². The number of anilines is 1. The van der Waals surface area contributed by atoms with Gasteiger partial charge in [-0.25, -0.2) is 4.98 Å². The molecule has 27 heavy (non-hydrogen) atoms. The fraction of sp³-hybridized carbons (Fsp3) is 0.286. The van der Waals surface area contributed by atoms with E-state index in [1.807, 2.05) is 25.1 Å². The molecule has 138 valence electrons. The van der Waals surface area contributed by atoms with Crippen molar-refractivity contribution in [3.05, 3.63) is 54.1 Å². The van der Waals surface area contributed by atoms with Gasteiger partial charge in [0, 0.05) is 12.2 Å². The molecular formula is C21H22N4OS. The molecule has 3 rings (SSSR count). The normalized spacial score (nSPS) is 12.1. The summed E-state index contributed by atoms with van der Waals surface area (Å²) in [6, 6.07) is 17.0. The first-order valence-corrected chi connectivity index (χ1v) is 9.79. The first-order chi connectivity index (χ1) is 13.0. The number of nitriles is 1. The van der Waals surface area contributed by atoms with Crippen molar-refractivity contribution in [1.29, 1.82) is 5.26 Å². The number of benzene rings is 2. The zero-order valence-corrected chi connectivity index (χ0v) is 16.5. The van der Waals surface area contributed by atoms with Crippen molar-refractivity contribution in [2.75, 3.05) is 5.32 Å². The molecule has 1 amide bonds. The highest BCUT2D eigenvalue weighted by Crippen LogP contribution is 2.28. The molecular weight excluding hydrogens is 356 g/mol. The molecule has 1 heterocycles. The summed E-state index contributed by atoms with van der Waals surface area (Å²) in [5.74, 6) is 0.387. The monoisotopic (exact) mass is 378 g/mol. The van der Waals surface area contributed by atoms with Gasteiger partial charge in [-0.05, 0) is 49.2 Å². The second kappa shape index (κ2) is 8.28. The fourth-order valence-electron chi connectivity index (χ4n) is 2.77. The number of fused-ring (bicyclic) bond motifs is 1. The smallest absolute Gasteiger partial charge is 0.237 e. The number of carbonyl (C=O) groups is 1. The van der Waals surface area contributed by atoms with Crippen molar-refractivity contribution in [3.8, 4) is 6.07 Å². The number of amides is 1. The first kappa shape index (κ1) is 19.0. The molecule has 2 aromatic carbocycles. The van der Waals surface area contributed by atoms with Gasteiger partial charge in [-0.3, -0.25) is 4.79 Å². The van der Waals surface area contributed by atoms with Gasteiger partial charge in [0.15, 0.2) is 5.16 Å². The largest absolute Gasteiger partial charge is 0.325 e. The molecule has 3 aromatic rings. The molecule has 0 spiro atoms. The molecule has 0 radical (unpaired) electrons. The second-order valence-corrected chi connectivity index (χ2v) is 8.13. The van der Waals surface area contributed by atoms with E-state index in [2.05, 4.69) is 35.9 Å². The number of carbonyl (C=O) groups excluding carboxylic acids is 1. The highest BCUT2D eigenvalue weighted by Gasteiger charge is 2.20. The number of rotatable bonds is 6. The molecule has 0 bridgehead atoms. The van der Waals surface area contributed by atoms with Gasteiger partial charge in [0.1, 0.15) is 0 Å². The molecule has 0 saturated heterocycles. The van der Waals surface area contributed by atoms with Gasteiger partial charge in [-0.1, -0.05) is 37.7 Å². The van der Waals surface area contributed by atoms with Crippen LogP contribution in [0.4, 0.5) is 5.69 Å². The predicted octanol–water partition coefficient (Wildman–Crippen LogP) is 4.68. The number of nitrogens with zero attached hydrogens (tertiary/aromatic N) is 3. The number of imidazole rings is 1. The Morgan fingerprint density at radius 1 is 1.19 bits per heavy atom. The number of aromatic nitrogens is 2. The van der Waals surface area contributed by atoms with Crippen LogP contribution in [0.5, 0.6) is 0 Å². The Balaban J connectivity index is 1.77. The Morgan fingerprint density at radius 3 is 2.56 bits per heavy atom. The van der Waals surface area contributed by atoms with Crippen molar-refractivity contribution in [2.24, 2.45) is 5.92 Å². The van der Waals surface area contributed by atoms with E-state index in [-0.39, 0.29) is 11.2 Å². The van der Waals surface area contributed by atoms with E-state index in [9.17, 15) is 4.79 Å². The quantitative estimate of drug-likeness (QED) is 0.632. The predicted molar refractivity (Wildman–Crippen MR) is 110 cm³/mol. The van der Waals surface area contributed by atoms with Crippen LogP contribution < -0.4 is 5.32 Å². The second-order valence-electron chi connectivity index (χ2n) is 6.83. The van der Waals surface area contributed by atoms with Gasteiger partial charge < -0.3 is 9.88 Å². The van der Waals surface area contributed by atoms with Crippen LogP contribution in [-0.4, -0.2) is 20.7 Å². The van der Waals surface area contributed by atoms with Crippen LogP contribution in [0.2, 0.25) is 0 Å². The summed E-state index contributed by atoms with van der Waals surface area (Å²) in [5.41, 5.74) is 3.29. The lowest BCUT2D eigenvalue weighted by Gasteiger charge is -2.15. The molecule has 0 unspecified atom stereocenters. The summed E-state index contributed by atoms with van der Waals surface area (Å²) < 4.78 is 2.19. The Labute approximate surface area is 163 Å². The molecule has 0 aliphatic heterocycles. The summed E-state index contributed by atoms with van der Waals surface area (Å²) in [4.78, 5) is 17.3. The highest BCUT2D eigenvalue weighted by molar-refractivity contribution is 8.00. The Kier molecular flexibility index (Phi) is 5.82. The van der Waals surface area contributed by atoms with E-state index >= 15 is 0 Å². The van der Waals surface area contributed by atoms with Crippen LogP contribution in [-0.2, 0) is 11.3 Å². The summed E-state index contributed by atoms with van der Waals surface area (Å²) in [6.45, 7) is 7.07. The average Bonchev–Trinajstić information content (AvgIpc) is 2.99. The average molecular weight is 379 g/mol. The Morgan fingerprint density at radius 2 is 1.89 bits per heavy atom. The van der Waals surface area contributed by atoms with Crippen LogP contribution in [0.1, 0.15) is 26.3 Å². The van der Waals surface area contributed by atoms with E-state index in [0.29, 0.717) is 17.2 Å². The lowest BCUT2D eigenvalue weighted by molar-refractivity contribution is -0.115. The molecule has 5 nitrogen and oxygen atoms in total. The zero-order valence-electron chi connectivity index (χ0n) is 15.6. The topological polar surface area (TPSA) is 70.7 Å². The third kappa shape index (κ3) is 4.50. The maximum Gasteiger partial charge on any atom is 0.237 e.